The van der Waals surface area contributed by atoms with E-state index in [1.54, 1.807) is 29.2 Å². The van der Waals surface area contributed by atoms with Crippen molar-refractivity contribution in [1.82, 2.24) is 24.9 Å². The number of nitrogens with zero attached hydrogens (tertiary/aromatic N) is 4. The molecule has 116 valence electrons. The minimum absolute atomic E-state index is 0.0915. The van der Waals surface area contributed by atoms with Crippen LogP contribution in [0.5, 0.6) is 0 Å². The summed E-state index contributed by atoms with van der Waals surface area (Å²) in [6, 6.07) is 4.88. The maximum atomic E-state index is 11.9. The van der Waals surface area contributed by atoms with Crippen molar-refractivity contribution in [3.8, 4) is 5.82 Å². The summed E-state index contributed by atoms with van der Waals surface area (Å²) in [5.41, 5.74) is -0.189. The molecule has 0 bridgehead atoms. The highest BCUT2D eigenvalue weighted by Crippen LogP contribution is 2.24. The second-order valence-corrected chi connectivity index (χ2v) is 5.48. The first kappa shape index (κ1) is 14.5. The quantitative estimate of drug-likeness (QED) is 0.883. The van der Waals surface area contributed by atoms with Crippen molar-refractivity contribution in [2.24, 2.45) is 5.92 Å². The molecule has 1 N–H and O–H groups in total. The van der Waals surface area contributed by atoms with Crippen LogP contribution in [0.15, 0.2) is 35.4 Å². The Hall–Kier alpha value is -2.44. The molecule has 22 heavy (non-hydrogen) atoms. The minimum Gasteiger partial charge on any atom is -0.354 e. The van der Waals surface area contributed by atoms with E-state index in [1.807, 2.05) is 0 Å². The monoisotopic (exact) mass is 301 g/mol. The van der Waals surface area contributed by atoms with Gasteiger partial charge in [-0.05, 0) is 25.0 Å². The minimum atomic E-state index is -0.189. The maximum Gasteiger partial charge on any atom is 0.266 e. The van der Waals surface area contributed by atoms with Crippen LogP contribution in [0.25, 0.3) is 5.82 Å². The van der Waals surface area contributed by atoms with E-state index in [1.165, 1.54) is 10.7 Å². The van der Waals surface area contributed by atoms with Crippen LogP contribution < -0.4 is 10.9 Å². The number of rotatable bonds is 5. The first-order valence-electron chi connectivity index (χ1n) is 7.60. The van der Waals surface area contributed by atoms with E-state index in [0.717, 1.165) is 25.7 Å². The summed E-state index contributed by atoms with van der Waals surface area (Å²) in [6.07, 6.45) is 7.62. The Balaban J connectivity index is 1.61. The van der Waals surface area contributed by atoms with Crippen LogP contribution in [-0.4, -0.2) is 32.0 Å². The number of carbonyl (C=O) groups is 1. The van der Waals surface area contributed by atoms with Crippen LogP contribution >= 0.6 is 0 Å². The van der Waals surface area contributed by atoms with Crippen LogP contribution in [-0.2, 0) is 11.3 Å². The number of hydrogen-bond acceptors (Lipinski definition) is 4. The van der Waals surface area contributed by atoms with Gasteiger partial charge in [0, 0.05) is 30.9 Å². The Morgan fingerprint density at radius 2 is 2.14 bits per heavy atom. The van der Waals surface area contributed by atoms with Gasteiger partial charge < -0.3 is 5.32 Å². The second kappa shape index (κ2) is 6.55. The molecule has 0 radical (unpaired) electrons. The lowest BCUT2D eigenvalue weighted by Gasteiger charge is -2.11. The van der Waals surface area contributed by atoms with Crippen molar-refractivity contribution in [3.63, 3.8) is 0 Å². The Kier molecular flexibility index (Phi) is 4.32. The zero-order chi connectivity index (χ0) is 15.4. The Labute approximate surface area is 128 Å². The number of amides is 1. The van der Waals surface area contributed by atoms with Gasteiger partial charge in [0.25, 0.3) is 5.56 Å². The molecule has 7 nitrogen and oxygen atoms in total. The van der Waals surface area contributed by atoms with Gasteiger partial charge in [-0.25, -0.2) is 9.36 Å². The first-order chi connectivity index (χ1) is 10.7. The summed E-state index contributed by atoms with van der Waals surface area (Å²) < 4.78 is 2.94. The normalized spacial score (nSPS) is 15.1. The van der Waals surface area contributed by atoms with Crippen LogP contribution in [0.1, 0.15) is 25.7 Å². The highest BCUT2D eigenvalue weighted by atomic mass is 16.2. The fraction of sp³-hybridized carbons (Fsp3) is 0.467. The van der Waals surface area contributed by atoms with Gasteiger partial charge in [0.15, 0.2) is 5.82 Å². The highest BCUT2D eigenvalue weighted by Gasteiger charge is 2.21. The summed E-state index contributed by atoms with van der Waals surface area (Å²) >= 11 is 0. The predicted octanol–water partition coefficient (Wildman–Crippen LogP) is 0.735. The van der Waals surface area contributed by atoms with Crippen molar-refractivity contribution in [2.75, 3.05) is 6.54 Å². The number of carbonyl (C=O) groups excluding carboxylic acids is 1. The highest BCUT2D eigenvalue weighted by molar-refractivity contribution is 5.78. The van der Waals surface area contributed by atoms with Gasteiger partial charge in [-0.1, -0.05) is 12.8 Å². The fourth-order valence-electron chi connectivity index (χ4n) is 2.74. The van der Waals surface area contributed by atoms with Crippen molar-refractivity contribution < 1.29 is 4.79 Å². The predicted molar refractivity (Wildman–Crippen MR) is 80.6 cm³/mol. The molecule has 0 unspecified atom stereocenters. The van der Waals surface area contributed by atoms with Crippen LogP contribution in [0.4, 0.5) is 0 Å². The van der Waals surface area contributed by atoms with Crippen molar-refractivity contribution in [3.05, 3.63) is 40.9 Å². The third kappa shape index (κ3) is 3.24. The van der Waals surface area contributed by atoms with Crippen LogP contribution in [0.2, 0.25) is 0 Å². The van der Waals surface area contributed by atoms with Gasteiger partial charge >= 0.3 is 0 Å². The molecule has 1 aliphatic rings. The molecule has 2 aromatic heterocycles. The number of hydrogen-bond donors (Lipinski definition) is 1. The molecular formula is C15H19N5O2. The van der Waals surface area contributed by atoms with Gasteiger partial charge in [0.2, 0.25) is 5.91 Å². The zero-order valence-electron chi connectivity index (χ0n) is 12.3. The molecule has 0 atom stereocenters. The SMILES string of the molecule is O=C(NCCn1nc(-n2cccn2)ccc1=O)C1CCCC1. The fourth-order valence-corrected chi connectivity index (χ4v) is 2.74. The smallest absolute Gasteiger partial charge is 0.266 e. The maximum absolute atomic E-state index is 11.9. The molecule has 1 aliphatic carbocycles. The summed E-state index contributed by atoms with van der Waals surface area (Å²) in [4.78, 5) is 23.8. The summed E-state index contributed by atoms with van der Waals surface area (Å²) in [5.74, 6) is 0.806. The summed E-state index contributed by atoms with van der Waals surface area (Å²) in [7, 11) is 0. The third-order valence-electron chi connectivity index (χ3n) is 3.94. The van der Waals surface area contributed by atoms with Crippen molar-refractivity contribution in [2.45, 2.75) is 32.2 Å². The average Bonchev–Trinajstić information content (AvgIpc) is 3.22. The zero-order valence-corrected chi connectivity index (χ0v) is 12.3. The molecule has 0 aromatic carbocycles. The Bertz CT molecular complexity index is 686. The summed E-state index contributed by atoms with van der Waals surface area (Å²) in [5, 5.41) is 11.2. The van der Waals surface area contributed by atoms with Crippen LogP contribution in [0.3, 0.4) is 0 Å². The average molecular weight is 301 g/mol. The molecule has 0 aliphatic heterocycles. The second-order valence-electron chi connectivity index (χ2n) is 5.48. The summed E-state index contributed by atoms with van der Waals surface area (Å²) in [6.45, 7) is 0.761. The Morgan fingerprint density at radius 1 is 1.32 bits per heavy atom. The molecule has 2 aromatic rings. The van der Waals surface area contributed by atoms with E-state index in [0.29, 0.717) is 18.9 Å². The van der Waals surface area contributed by atoms with E-state index < -0.39 is 0 Å². The largest absolute Gasteiger partial charge is 0.354 e. The van der Waals surface area contributed by atoms with Gasteiger partial charge in [0.1, 0.15) is 0 Å². The number of nitrogens with one attached hydrogen (secondary N) is 1. The van der Waals surface area contributed by atoms with E-state index in [9.17, 15) is 9.59 Å². The third-order valence-corrected chi connectivity index (χ3v) is 3.94. The van der Waals surface area contributed by atoms with Gasteiger partial charge in [-0.15, -0.1) is 5.10 Å². The molecular weight excluding hydrogens is 282 g/mol. The van der Waals surface area contributed by atoms with E-state index in [2.05, 4.69) is 15.5 Å². The van der Waals surface area contributed by atoms with Crippen molar-refractivity contribution in [1.29, 1.82) is 0 Å². The number of aromatic nitrogens is 4. The molecule has 7 heteroatoms. The van der Waals surface area contributed by atoms with Crippen molar-refractivity contribution >= 4 is 5.91 Å². The van der Waals surface area contributed by atoms with Gasteiger partial charge in [0.05, 0.1) is 6.54 Å². The Morgan fingerprint density at radius 3 is 2.86 bits per heavy atom. The first-order valence-corrected chi connectivity index (χ1v) is 7.60. The van der Waals surface area contributed by atoms with Gasteiger partial charge in [-0.2, -0.15) is 5.10 Å². The molecule has 1 fully saturated rings. The molecule has 1 saturated carbocycles. The van der Waals surface area contributed by atoms with E-state index in [-0.39, 0.29) is 17.4 Å². The topological polar surface area (TPSA) is 81.8 Å². The van der Waals surface area contributed by atoms with E-state index in [4.69, 9.17) is 0 Å². The molecule has 0 spiro atoms. The lowest BCUT2D eigenvalue weighted by Crippen LogP contribution is -2.35. The molecule has 3 rings (SSSR count). The lowest BCUT2D eigenvalue weighted by atomic mass is 10.1. The van der Waals surface area contributed by atoms with E-state index >= 15 is 0 Å². The lowest BCUT2D eigenvalue weighted by molar-refractivity contribution is -0.124. The standard InChI is InChI=1S/C15H19N5O2/c21-14-7-6-13(19-10-3-8-17-19)18-20(14)11-9-16-15(22)12-4-1-2-5-12/h3,6-8,10,12H,1-2,4-5,9,11H2,(H,16,22). The van der Waals surface area contributed by atoms with Crippen LogP contribution in [0, 0.1) is 5.92 Å². The molecule has 1 amide bonds. The molecule has 2 heterocycles. The van der Waals surface area contributed by atoms with Gasteiger partial charge in [-0.3, -0.25) is 9.59 Å². The molecule has 0 saturated heterocycles.